The highest BCUT2D eigenvalue weighted by Crippen LogP contribution is 2.18. The highest BCUT2D eigenvalue weighted by atomic mass is 16.5. The highest BCUT2D eigenvalue weighted by molar-refractivity contribution is 5.69. The molecule has 38 heavy (non-hydrogen) atoms. The van der Waals surface area contributed by atoms with E-state index in [0.29, 0.717) is 6.42 Å². The zero-order valence-corrected chi connectivity index (χ0v) is 26.6. The van der Waals surface area contributed by atoms with E-state index >= 15 is 0 Å². The molecule has 0 N–H and O–H groups in total. The van der Waals surface area contributed by atoms with Gasteiger partial charge < -0.3 is 4.74 Å². The predicted octanol–water partition coefficient (Wildman–Crippen LogP) is 12.8. The van der Waals surface area contributed by atoms with Crippen LogP contribution in [0.15, 0.2) is 12.2 Å². The summed E-state index contributed by atoms with van der Waals surface area (Å²) < 4.78 is 5.99. The van der Waals surface area contributed by atoms with Crippen LogP contribution >= 0.6 is 0 Å². The Labute approximate surface area is 240 Å². The van der Waals surface area contributed by atoms with Crippen LogP contribution in [0.2, 0.25) is 0 Å². The summed E-state index contributed by atoms with van der Waals surface area (Å²) in [6.07, 6.45) is 41.6. The van der Waals surface area contributed by atoms with E-state index in [1.165, 1.54) is 154 Å². The maximum atomic E-state index is 12.5. The molecule has 0 aliphatic carbocycles. The third-order valence-corrected chi connectivity index (χ3v) is 7.95. The van der Waals surface area contributed by atoms with E-state index in [9.17, 15) is 4.79 Å². The third-order valence-electron chi connectivity index (χ3n) is 7.95. The predicted molar refractivity (Wildman–Crippen MR) is 170 cm³/mol. The number of hydrogen-bond donors (Lipinski definition) is 0. The Bertz CT molecular complexity index is 484. The zero-order valence-electron chi connectivity index (χ0n) is 26.6. The van der Waals surface area contributed by atoms with Crippen molar-refractivity contribution in [3.05, 3.63) is 12.2 Å². The van der Waals surface area contributed by atoms with Gasteiger partial charge in [0.1, 0.15) is 6.10 Å². The lowest BCUT2D eigenvalue weighted by Gasteiger charge is -2.18. The molecule has 0 heterocycles. The van der Waals surface area contributed by atoms with Crippen molar-refractivity contribution in [1.82, 2.24) is 0 Å². The van der Waals surface area contributed by atoms with Gasteiger partial charge in [-0.1, -0.05) is 155 Å². The molecule has 0 fully saturated rings. The Morgan fingerprint density at radius 1 is 0.474 bits per heavy atom. The van der Waals surface area contributed by atoms with Crippen molar-refractivity contribution >= 4 is 5.97 Å². The van der Waals surface area contributed by atoms with E-state index in [1.807, 2.05) is 0 Å². The molecule has 0 amide bonds. The number of unbranched alkanes of at least 4 members (excludes halogenated alkanes) is 22. The van der Waals surface area contributed by atoms with Gasteiger partial charge in [0.2, 0.25) is 0 Å². The van der Waals surface area contributed by atoms with Crippen molar-refractivity contribution in [2.24, 2.45) is 0 Å². The number of carbonyl (C=O) groups excluding carboxylic acids is 1. The van der Waals surface area contributed by atoms with Crippen LogP contribution in [0.25, 0.3) is 0 Å². The summed E-state index contributed by atoms with van der Waals surface area (Å²) in [5.74, 6) is 0.0570. The maximum absolute atomic E-state index is 12.5. The van der Waals surface area contributed by atoms with Gasteiger partial charge in [-0.3, -0.25) is 4.79 Å². The maximum Gasteiger partial charge on any atom is 0.306 e. The average molecular weight is 535 g/mol. The van der Waals surface area contributed by atoms with E-state index in [0.717, 1.165) is 25.7 Å². The number of carbonyl (C=O) groups is 1. The van der Waals surface area contributed by atoms with Gasteiger partial charge in [-0.25, -0.2) is 0 Å². The fourth-order valence-electron chi connectivity index (χ4n) is 5.33. The van der Waals surface area contributed by atoms with Crippen molar-refractivity contribution in [1.29, 1.82) is 0 Å². The Morgan fingerprint density at radius 2 is 0.816 bits per heavy atom. The lowest BCUT2D eigenvalue weighted by Crippen LogP contribution is -2.18. The van der Waals surface area contributed by atoms with Crippen LogP contribution in [0.3, 0.4) is 0 Å². The highest BCUT2D eigenvalue weighted by Gasteiger charge is 2.14. The molecule has 0 rings (SSSR count). The minimum absolute atomic E-state index is 0.0570. The smallest absolute Gasteiger partial charge is 0.306 e. The first-order valence-corrected chi connectivity index (χ1v) is 17.6. The molecule has 2 heteroatoms. The minimum Gasteiger partial charge on any atom is -0.462 e. The zero-order chi connectivity index (χ0) is 27.8. The lowest BCUT2D eigenvalue weighted by molar-refractivity contribution is -0.150. The van der Waals surface area contributed by atoms with E-state index < -0.39 is 0 Å². The summed E-state index contributed by atoms with van der Waals surface area (Å²) in [5, 5.41) is 0. The van der Waals surface area contributed by atoms with Gasteiger partial charge in [0.05, 0.1) is 0 Å². The normalized spacial score (nSPS) is 12.4. The van der Waals surface area contributed by atoms with E-state index in [1.54, 1.807) is 0 Å². The topological polar surface area (TPSA) is 26.3 Å². The molecular weight excluding hydrogens is 464 g/mol. The Morgan fingerprint density at radius 3 is 1.24 bits per heavy atom. The summed E-state index contributed by atoms with van der Waals surface area (Å²) in [7, 11) is 0. The van der Waals surface area contributed by atoms with E-state index in [-0.39, 0.29) is 12.1 Å². The first-order valence-electron chi connectivity index (χ1n) is 17.6. The second-order valence-corrected chi connectivity index (χ2v) is 11.9. The molecule has 226 valence electrons. The monoisotopic (exact) mass is 535 g/mol. The standard InChI is InChI=1S/C36H70O2/c1-4-7-10-13-16-17-18-19-20-21-22-23-25-28-31-34-36(37)38-35(32-29-26-15-12-9-6-3)33-30-27-24-14-11-8-5-2/h19-20,35H,4-18,21-34H2,1-3H3/b20-19-. The van der Waals surface area contributed by atoms with Gasteiger partial charge in [0, 0.05) is 6.42 Å². The number of rotatable bonds is 31. The van der Waals surface area contributed by atoms with Crippen LogP contribution in [-0.4, -0.2) is 12.1 Å². The lowest BCUT2D eigenvalue weighted by atomic mass is 10.0. The molecule has 0 aromatic heterocycles. The molecule has 2 nitrogen and oxygen atoms in total. The van der Waals surface area contributed by atoms with Crippen LogP contribution in [0.1, 0.15) is 207 Å². The fourth-order valence-corrected chi connectivity index (χ4v) is 5.33. The largest absolute Gasteiger partial charge is 0.462 e. The average Bonchev–Trinajstić information content (AvgIpc) is 2.92. The molecule has 1 atom stereocenters. The van der Waals surface area contributed by atoms with Crippen LogP contribution < -0.4 is 0 Å². The van der Waals surface area contributed by atoms with Gasteiger partial charge in [-0.15, -0.1) is 0 Å². The molecule has 0 spiro atoms. The fraction of sp³-hybridized carbons (Fsp3) is 0.917. The van der Waals surface area contributed by atoms with Crippen LogP contribution in [0.5, 0.6) is 0 Å². The Balaban J connectivity index is 3.87. The van der Waals surface area contributed by atoms with Gasteiger partial charge in [-0.2, -0.15) is 0 Å². The number of hydrogen-bond acceptors (Lipinski definition) is 2. The minimum atomic E-state index is 0.0570. The number of esters is 1. The first kappa shape index (κ1) is 37.2. The summed E-state index contributed by atoms with van der Waals surface area (Å²) in [6, 6.07) is 0. The molecular formula is C36H70O2. The molecule has 0 radical (unpaired) electrons. The van der Waals surface area contributed by atoms with Crippen LogP contribution in [0.4, 0.5) is 0 Å². The second-order valence-electron chi connectivity index (χ2n) is 11.9. The van der Waals surface area contributed by atoms with Crippen molar-refractivity contribution in [3.63, 3.8) is 0 Å². The molecule has 0 aromatic rings. The summed E-state index contributed by atoms with van der Waals surface area (Å²) in [4.78, 5) is 12.5. The van der Waals surface area contributed by atoms with Gasteiger partial charge in [0.15, 0.2) is 0 Å². The first-order chi connectivity index (χ1) is 18.7. The van der Waals surface area contributed by atoms with E-state index in [4.69, 9.17) is 4.74 Å². The SMILES string of the molecule is CCCCCCCC/C=C\CCCCCCCC(=O)OC(CCCCCCCC)CCCCCCCCC. The third kappa shape index (κ3) is 29.8. The molecule has 0 saturated heterocycles. The van der Waals surface area contributed by atoms with Crippen molar-refractivity contribution < 1.29 is 9.53 Å². The summed E-state index contributed by atoms with van der Waals surface area (Å²) in [6.45, 7) is 6.83. The van der Waals surface area contributed by atoms with Crippen molar-refractivity contribution in [2.45, 2.75) is 213 Å². The van der Waals surface area contributed by atoms with E-state index in [2.05, 4.69) is 32.9 Å². The molecule has 0 bridgehead atoms. The Kier molecular flexibility index (Phi) is 31.7. The van der Waals surface area contributed by atoms with Gasteiger partial charge in [0.25, 0.3) is 0 Å². The molecule has 0 aliphatic heterocycles. The quantitative estimate of drug-likeness (QED) is 0.0502. The molecule has 0 aromatic carbocycles. The molecule has 0 saturated carbocycles. The van der Waals surface area contributed by atoms with Gasteiger partial charge >= 0.3 is 5.97 Å². The molecule has 0 aliphatic rings. The summed E-state index contributed by atoms with van der Waals surface area (Å²) in [5.41, 5.74) is 0. The second kappa shape index (κ2) is 32.4. The summed E-state index contributed by atoms with van der Waals surface area (Å²) >= 11 is 0. The van der Waals surface area contributed by atoms with Crippen LogP contribution in [-0.2, 0) is 9.53 Å². The number of allylic oxidation sites excluding steroid dienone is 2. The van der Waals surface area contributed by atoms with Crippen LogP contribution in [0, 0.1) is 0 Å². The number of ether oxygens (including phenoxy) is 1. The van der Waals surface area contributed by atoms with Gasteiger partial charge in [-0.05, 0) is 57.8 Å². The molecule has 1 unspecified atom stereocenters. The van der Waals surface area contributed by atoms with Crippen molar-refractivity contribution in [3.8, 4) is 0 Å². The Hall–Kier alpha value is -0.790. The van der Waals surface area contributed by atoms with Crippen molar-refractivity contribution in [2.75, 3.05) is 0 Å².